The van der Waals surface area contributed by atoms with Crippen LogP contribution in [0.4, 0.5) is 0 Å². The van der Waals surface area contributed by atoms with Crippen LogP contribution in [0.3, 0.4) is 0 Å². The lowest BCUT2D eigenvalue weighted by atomic mass is 10.1. The molecule has 0 spiro atoms. The predicted octanol–water partition coefficient (Wildman–Crippen LogP) is 4.00. The normalized spacial score (nSPS) is 13.6. The van der Waals surface area contributed by atoms with E-state index in [2.05, 4.69) is 23.2 Å². The van der Waals surface area contributed by atoms with Crippen molar-refractivity contribution in [1.29, 1.82) is 0 Å². The average molecular weight is 324 g/mol. The molecule has 4 heteroatoms. The molecule has 1 aliphatic rings. The van der Waals surface area contributed by atoms with Crippen LogP contribution in [-0.2, 0) is 19.4 Å². The van der Waals surface area contributed by atoms with E-state index in [1.807, 2.05) is 40.6 Å². The van der Waals surface area contributed by atoms with Gasteiger partial charge in [-0.3, -0.25) is 4.57 Å². The second-order valence-electron chi connectivity index (χ2n) is 6.09. The maximum Gasteiger partial charge on any atom is 0.326 e. The molecule has 118 valence electrons. The highest BCUT2D eigenvalue weighted by Crippen LogP contribution is 2.27. The third-order valence-corrected chi connectivity index (χ3v) is 5.63. The van der Waals surface area contributed by atoms with Gasteiger partial charge in [0.15, 0.2) is 0 Å². The largest absolute Gasteiger partial charge is 0.326 e. The molecule has 0 bridgehead atoms. The van der Waals surface area contributed by atoms with E-state index in [1.54, 1.807) is 0 Å². The predicted molar refractivity (Wildman–Crippen MR) is 96.4 cm³/mol. The number of para-hydroxylation sites is 2. The minimum absolute atomic E-state index is 0.00580. The summed E-state index contributed by atoms with van der Waals surface area (Å²) in [6.45, 7) is 0.765. The van der Waals surface area contributed by atoms with Gasteiger partial charge in [0.25, 0.3) is 0 Å². The zero-order valence-electron chi connectivity index (χ0n) is 13.0. The Morgan fingerprint density at radius 3 is 2.91 bits per heavy atom. The van der Waals surface area contributed by atoms with E-state index in [9.17, 15) is 4.79 Å². The van der Waals surface area contributed by atoms with Crippen molar-refractivity contribution in [3.05, 3.63) is 64.1 Å². The Balaban J connectivity index is 1.38. The summed E-state index contributed by atoms with van der Waals surface area (Å²) in [6, 6.07) is 14.8. The lowest BCUT2D eigenvalue weighted by Gasteiger charge is -2.06. The molecule has 0 radical (unpaired) electrons. The average Bonchev–Trinajstić information content (AvgIpc) is 3.15. The number of rotatable bonds is 5. The zero-order valence-corrected chi connectivity index (χ0v) is 13.9. The third kappa shape index (κ3) is 2.95. The van der Waals surface area contributed by atoms with Gasteiger partial charge in [-0.25, -0.2) is 4.79 Å². The van der Waals surface area contributed by atoms with Crippen molar-refractivity contribution in [2.24, 2.45) is 0 Å². The molecule has 0 aliphatic heterocycles. The van der Waals surface area contributed by atoms with Gasteiger partial charge in [-0.15, -0.1) is 11.8 Å². The van der Waals surface area contributed by atoms with Crippen molar-refractivity contribution in [2.75, 3.05) is 5.75 Å². The summed E-state index contributed by atoms with van der Waals surface area (Å²) in [5.74, 6) is 1.03. The van der Waals surface area contributed by atoms with Gasteiger partial charge >= 0.3 is 5.69 Å². The first-order valence-corrected chi connectivity index (χ1v) is 9.22. The number of imidazole rings is 1. The monoisotopic (exact) mass is 324 g/mol. The molecule has 0 fully saturated rings. The molecule has 1 heterocycles. The molecule has 0 atom stereocenters. The number of benzene rings is 2. The number of aryl methyl sites for hydroxylation is 3. The highest BCUT2D eigenvalue weighted by molar-refractivity contribution is 7.99. The Labute approximate surface area is 139 Å². The summed E-state index contributed by atoms with van der Waals surface area (Å²) in [5, 5.41) is 0. The summed E-state index contributed by atoms with van der Waals surface area (Å²) in [7, 11) is 0. The standard InChI is InChI=1S/C19H20N2OS/c22-19-20-17-7-1-2-8-18(17)21(19)11-4-12-23-16-10-9-14-5-3-6-15(14)13-16/h1-2,7-10,13H,3-6,11-12H2,(H,20,22). The Morgan fingerprint density at radius 1 is 1.09 bits per heavy atom. The lowest BCUT2D eigenvalue weighted by Crippen LogP contribution is -2.17. The van der Waals surface area contributed by atoms with Crippen LogP contribution in [0.25, 0.3) is 11.0 Å². The fourth-order valence-corrected chi connectivity index (χ4v) is 4.28. The molecule has 0 saturated carbocycles. The van der Waals surface area contributed by atoms with E-state index in [0.29, 0.717) is 0 Å². The van der Waals surface area contributed by atoms with Crippen LogP contribution < -0.4 is 5.69 Å². The maximum atomic E-state index is 12.0. The molecule has 3 nitrogen and oxygen atoms in total. The van der Waals surface area contributed by atoms with Gasteiger partial charge < -0.3 is 4.98 Å². The number of hydrogen-bond acceptors (Lipinski definition) is 2. The Morgan fingerprint density at radius 2 is 1.96 bits per heavy atom. The Bertz CT molecular complexity index is 894. The van der Waals surface area contributed by atoms with Crippen LogP contribution in [0.1, 0.15) is 24.0 Å². The minimum atomic E-state index is -0.00580. The second kappa shape index (κ2) is 6.28. The molecule has 3 aromatic rings. The van der Waals surface area contributed by atoms with Gasteiger partial charge in [-0.1, -0.05) is 18.2 Å². The van der Waals surface area contributed by atoms with Crippen molar-refractivity contribution in [1.82, 2.24) is 9.55 Å². The molecule has 0 amide bonds. The number of aromatic amines is 1. The van der Waals surface area contributed by atoms with E-state index in [1.165, 1.54) is 35.3 Å². The van der Waals surface area contributed by atoms with Crippen LogP contribution in [-0.4, -0.2) is 15.3 Å². The molecule has 2 aromatic carbocycles. The molecule has 0 saturated heterocycles. The van der Waals surface area contributed by atoms with Crippen LogP contribution in [0, 0.1) is 0 Å². The summed E-state index contributed by atoms with van der Waals surface area (Å²) in [5.41, 5.74) is 4.97. The van der Waals surface area contributed by atoms with Gasteiger partial charge in [0, 0.05) is 11.4 Å². The van der Waals surface area contributed by atoms with Crippen molar-refractivity contribution in [3.8, 4) is 0 Å². The summed E-state index contributed by atoms with van der Waals surface area (Å²) in [4.78, 5) is 16.3. The first-order valence-electron chi connectivity index (χ1n) is 8.23. The second-order valence-corrected chi connectivity index (χ2v) is 7.25. The number of nitrogens with one attached hydrogen (secondary N) is 1. The van der Waals surface area contributed by atoms with Crippen LogP contribution in [0.15, 0.2) is 52.2 Å². The fourth-order valence-electron chi connectivity index (χ4n) is 3.38. The highest BCUT2D eigenvalue weighted by atomic mass is 32.2. The number of nitrogens with zero attached hydrogens (tertiary/aromatic N) is 1. The van der Waals surface area contributed by atoms with Crippen molar-refractivity contribution in [3.63, 3.8) is 0 Å². The van der Waals surface area contributed by atoms with Gasteiger partial charge in [0.2, 0.25) is 0 Å². The van der Waals surface area contributed by atoms with Crippen LogP contribution in [0.5, 0.6) is 0 Å². The minimum Gasteiger partial charge on any atom is -0.306 e. The van der Waals surface area contributed by atoms with Crippen molar-refractivity contribution >= 4 is 22.8 Å². The third-order valence-electron chi connectivity index (χ3n) is 4.55. The van der Waals surface area contributed by atoms with E-state index in [-0.39, 0.29) is 5.69 Å². The number of aromatic nitrogens is 2. The van der Waals surface area contributed by atoms with E-state index in [0.717, 1.165) is 29.8 Å². The topological polar surface area (TPSA) is 37.8 Å². The SMILES string of the molecule is O=c1[nH]c2ccccc2n1CCCSc1ccc2c(c1)CCC2. The van der Waals surface area contributed by atoms with Gasteiger partial charge in [0.05, 0.1) is 11.0 Å². The highest BCUT2D eigenvalue weighted by Gasteiger charge is 2.11. The lowest BCUT2D eigenvalue weighted by molar-refractivity contribution is 0.679. The van der Waals surface area contributed by atoms with E-state index in [4.69, 9.17) is 0 Å². The van der Waals surface area contributed by atoms with Crippen molar-refractivity contribution in [2.45, 2.75) is 37.1 Å². The summed E-state index contributed by atoms with van der Waals surface area (Å²) >= 11 is 1.89. The molecule has 23 heavy (non-hydrogen) atoms. The summed E-state index contributed by atoms with van der Waals surface area (Å²) in [6.07, 6.45) is 4.76. The maximum absolute atomic E-state index is 12.0. The number of H-pyrrole nitrogens is 1. The van der Waals surface area contributed by atoms with E-state index < -0.39 is 0 Å². The first kappa shape index (κ1) is 14.6. The molecule has 1 N–H and O–H groups in total. The number of fused-ring (bicyclic) bond motifs is 2. The smallest absolute Gasteiger partial charge is 0.306 e. The number of thioether (sulfide) groups is 1. The Hall–Kier alpha value is -1.94. The zero-order chi connectivity index (χ0) is 15.6. The molecule has 0 unspecified atom stereocenters. The molecule has 4 rings (SSSR count). The van der Waals surface area contributed by atoms with Gasteiger partial charge in [-0.2, -0.15) is 0 Å². The Kier molecular flexibility index (Phi) is 4.00. The van der Waals surface area contributed by atoms with E-state index >= 15 is 0 Å². The fraction of sp³-hybridized carbons (Fsp3) is 0.316. The molecule has 1 aromatic heterocycles. The summed E-state index contributed by atoms with van der Waals surface area (Å²) < 4.78 is 1.85. The number of hydrogen-bond donors (Lipinski definition) is 1. The first-order chi connectivity index (χ1) is 11.3. The van der Waals surface area contributed by atoms with Crippen LogP contribution >= 0.6 is 11.8 Å². The van der Waals surface area contributed by atoms with Gasteiger partial charge in [0.1, 0.15) is 0 Å². The molecule has 1 aliphatic carbocycles. The van der Waals surface area contributed by atoms with Crippen LogP contribution in [0.2, 0.25) is 0 Å². The van der Waals surface area contributed by atoms with Gasteiger partial charge in [-0.05, 0) is 66.8 Å². The van der Waals surface area contributed by atoms with Crippen molar-refractivity contribution < 1.29 is 0 Å². The molecular formula is C19H20N2OS. The quantitative estimate of drug-likeness (QED) is 0.569. The molecular weight excluding hydrogens is 304 g/mol.